The summed E-state index contributed by atoms with van der Waals surface area (Å²) in [5.41, 5.74) is 1.75. The van der Waals surface area contributed by atoms with Crippen LogP contribution in [0.1, 0.15) is 30.0 Å². The van der Waals surface area contributed by atoms with Gasteiger partial charge in [-0.3, -0.25) is 0 Å². The molecule has 2 nitrogen and oxygen atoms in total. The summed E-state index contributed by atoms with van der Waals surface area (Å²) in [6, 6.07) is 5.92. The lowest BCUT2D eigenvalue weighted by Crippen LogP contribution is -1.93. The van der Waals surface area contributed by atoms with Crippen LogP contribution in [0.4, 0.5) is 0 Å². The first-order chi connectivity index (χ1) is 5.81. The van der Waals surface area contributed by atoms with Gasteiger partial charge >= 0.3 is 0 Å². The lowest BCUT2D eigenvalue weighted by molar-refractivity contribution is 0.997. The standard InChI is InChI=1S/C9H7IN2/c10-8-4-3-7(5-11)9(12-8)6-1-2-6/h3-4,6H,1-2H2. The smallest absolute Gasteiger partial charge is 0.101 e. The third kappa shape index (κ3) is 1.44. The highest BCUT2D eigenvalue weighted by molar-refractivity contribution is 14.1. The maximum absolute atomic E-state index is 8.79. The Morgan fingerprint density at radius 1 is 1.50 bits per heavy atom. The summed E-state index contributed by atoms with van der Waals surface area (Å²) in [6.45, 7) is 0. The summed E-state index contributed by atoms with van der Waals surface area (Å²) in [6.07, 6.45) is 2.39. The van der Waals surface area contributed by atoms with Crippen LogP contribution in [0.2, 0.25) is 0 Å². The fourth-order valence-electron chi connectivity index (χ4n) is 1.21. The quantitative estimate of drug-likeness (QED) is 0.580. The van der Waals surface area contributed by atoms with Crippen molar-refractivity contribution < 1.29 is 0 Å². The molecular weight excluding hydrogens is 263 g/mol. The van der Waals surface area contributed by atoms with Gasteiger partial charge in [-0.2, -0.15) is 5.26 Å². The molecule has 60 valence electrons. The van der Waals surface area contributed by atoms with Crippen molar-refractivity contribution in [3.63, 3.8) is 0 Å². The average molecular weight is 270 g/mol. The minimum absolute atomic E-state index is 0.564. The molecule has 0 spiro atoms. The van der Waals surface area contributed by atoms with E-state index >= 15 is 0 Å². The number of halogens is 1. The Balaban J connectivity index is 2.48. The lowest BCUT2D eigenvalue weighted by Gasteiger charge is -1.99. The number of nitrogens with zero attached hydrogens (tertiary/aromatic N) is 2. The molecule has 12 heavy (non-hydrogen) atoms. The van der Waals surface area contributed by atoms with E-state index in [0.717, 1.165) is 15.0 Å². The monoisotopic (exact) mass is 270 g/mol. The summed E-state index contributed by atoms with van der Waals surface area (Å²) in [5, 5.41) is 8.79. The first-order valence-corrected chi connectivity index (χ1v) is 4.95. The first kappa shape index (κ1) is 7.99. The normalized spacial score (nSPS) is 15.7. The van der Waals surface area contributed by atoms with Crippen LogP contribution >= 0.6 is 22.6 Å². The van der Waals surface area contributed by atoms with E-state index in [9.17, 15) is 0 Å². The molecule has 0 unspecified atom stereocenters. The minimum Gasteiger partial charge on any atom is -0.245 e. The molecule has 1 heterocycles. The van der Waals surface area contributed by atoms with Crippen LogP contribution in [-0.2, 0) is 0 Å². The van der Waals surface area contributed by atoms with Crippen molar-refractivity contribution in [2.24, 2.45) is 0 Å². The van der Waals surface area contributed by atoms with E-state index in [1.807, 2.05) is 12.1 Å². The summed E-state index contributed by atoms with van der Waals surface area (Å²) < 4.78 is 0.980. The van der Waals surface area contributed by atoms with E-state index in [1.54, 1.807) is 0 Å². The third-order valence-electron chi connectivity index (χ3n) is 1.98. The van der Waals surface area contributed by atoms with E-state index in [-0.39, 0.29) is 0 Å². The molecule has 0 radical (unpaired) electrons. The molecule has 1 aromatic heterocycles. The van der Waals surface area contributed by atoms with Gasteiger partial charge in [-0.05, 0) is 47.6 Å². The van der Waals surface area contributed by atoms with Gasteiger partial charge in [0.05, 0.1) is 11.3 Å². The maximum Gasteiger partial charge on any atom is 0.101 e. The van der Waals surface area contributed by atoms with Crippen LogP contribution in [0.15, 0.2) is 12.1 Å². The fraction of sp³-hybridized carbons (Fsp3) is 0.333. The highest BCUT2D eigenvalue weighted by atomic mass is 127. The number of hydrogen-bond acceptors (Lipinski definition) is 2. The van der Waals surface area contributed by atoms with Gasteiger partial charge in [0.25, 0.3) is 0 Å². The molecule has 2 rings (SSSR count). The molecule has 0 aromatic carbocycles. The molecule has 3 heteroatoms. The minimum atomic E-state index is 0.564. The van der Waals surface area contributed by atoms with Crippen LogP contribution in [-0.4, -0.2) is 4.98 Å². The molecule has 1 saturated carbocycles. The Morgan fingerprint density at radius 2 is 2.25 bits per heavy atom. The van der Waals surface area contributed by atoms with Crippen molar-refractivity contribution >= 4 is 22.6 Å². The molecule has 1 aromatic rings. The van der Waals surface area contributed by atoms with Crippen molar-refractivity contribution in [1.82, 2.24) is 4.98 Å². The molecule has 0 atom stereocenters. The largest absolute Gasteiger partial charge is 0.245 e. The van der Waals surface area contributed by atoms with Crippen molar-refractivity contribution in [2.75, 3.05) is 0 Å². The van der Waals surface area contributed by atoms with Crippen LogP contribution in [0.25, 0.3) is 0 Å². The number of pyridine rings is 1. The molecular formula is C9H7IN2. The second-order valence-electron chi connectivity index (χ2n) is 2.95. The first-order valence-electron chi connectivity index (χ1n) is 3.88. The van der Waals surface area contributed by atoms with Crippen molar-refractivity contribution in [3.8, 4) is 6.07 Å². The molecule has 0 saturated heterocycles. The summed E-state index contributed by atoms with van der Waals surface area (Å²) in [4.78, 5) is 4.37. The van der Waals surface area contributed by atoms with Crippen LogP contribution in [0.5, 0.6) is 0 Å². The Bertz CT molecular complexity index is 350. The molecule has 1 aliphatic carbocycles. The number of aromatic nitrogens is 1. The highest BCUT2D eigenvalue weighted by Crippen LogP contribution is 2.40. The fourth-order valence-corrected chi connectivity index (χ4v) is 1.65. The van der Waals surface area contributed by atoms with Gasteiger partial charge in [0.1, 0.15) is 9.77 Å². The van der Waals surface area contributed by atoms with Gasteiger partial charge in [-0.15, -0.1) is 0 Å². The molecule has 1 aliphatic rings. The van der Waals surface area contributed by atoms with E-state index in [1.165, 1.54) is 12.8 Å². The lowest BCUT2D eigenvalue weighted by atomic mass is 10.1. The van der Waals surface area contributed by atoms with Gasteiger partial charge in [0, 0.05) is 5.92 Å². The van der Waals surface area contributed by atoms with Crippen molar-refractivity contribution in [2.45, 2.75) is 18.8 Å². The van der Waals surface area contributed by atoms with Gasteiger partial charge in [-0.1, -0.05) is 0 Å². The molecule has 0 bridgehead atoms. The Labute approximate surface area is 84.8 Å². The van der Waals surface area contributed by atoms with E-state index < -0.39 is 0 Å². The van der Waals surface area contributed by atoms with Crippen LogP contribution in [0, 0.1) is 15.0 Å². The van der Waals surface area contributed by atoms with Gasteiger partial charge in [-0.25, -0.2) is 4.98 Å². The number of hydrogen-bond donors (Lipinski definition) is 0. The second kappa shape index (κ2) is 3.02. The number of nitriles is 1. The Kier molecular flexibility index (Phi) is 2.01. The zero-order chi connectivity index (χ0) is 8.55. The number of rotatable bonds is 1. The van der Waals surface area contributed by atoms with Gasteiger partial charge < -0.3 is 0 Å². The maximum atomic E-state index is 8.79. The summed E-state index contributed by atoms with van der Waals surface area (Å²) in [5.74, 6) is 0.564. The van der Waals surface area contributed by atoms with Gasteiger partial charge in [0.15, 0.2) is 0 Å². The molecule has 0 N–H and O–H groups in total. The molecule has 1 fully saturated rings. The van der Waals surface area contributed by atoms with E-state index in [0.29, 0.717) is 5.92 Å². The zero-order valence-electron chi connectivity index (χ0n) is 6.42. The molecule has 0 amide bonds. The predicted molar refractivity (Wildman–Crippen MR) is 53.6 cm³/mol. The van der Waals surface area contributed by atoms with Gasteiger partial charge in [0.2, 0.25) is 0 Å². The SMILES string of the molecule is N#Cc1ccc(I)nc1C1CC1. The molecule has 0 aliphatic heterocycles. The van der Waals surface area contributed by atoms with Crippen molar-refractivity contribution in [1.29, 1.82) is 5.26 Å². The van der Waals surface area contributed by atoms with Crippen LogP contribution < -0.4 is 0 Å². The van der Waals surface area contributed by atoms with E-state index in [2.05, 4.69) is 33.6 Å². The Morgan fingerprint density at radius 3 is 2.83 bits per heavy atom. The average Bonchev–Trinajstić information content (AvgIpc) is 2.87. The summed E-state index contributed by atoms with van der Waals surface area (Å²) in [7, 11) is 0. The Hall–Kier alpha value is -0.630. The summed E-state index contributed by atoms with van der Waals surface area (Å²) >= 11 is 2.18. The van der Waals surface area contributed by atoms with Crippen LogP contribution in [0.3, 0.4) is 0 Å². The topological polar surface area (TPSA) is 36.7 Å². The van der Waals surface area contributed by atoms with Crippen molar-refractivity contribution in [3.05, 3.63) is 27.1 Å². The predicted octanol–water partition coefficient (Wildman–Crippen LogP) is 2.44. The zero-order valence-corrected chi connectivity index (χ0v) is 8.58. The second-order valence-corrected chi connectivity index (χ2v) is 4.06. The van der Waals surface area contributed by atoms with E-state index in [4.69, 9.17) is 5.26 Å². The third-order valence-corrected chi connectivity index (χ3v) is 2.58. The highest BCUT2D eigenvalue weighted by Gasteiger charge is 2.27.